The van der Waals surface area contributed by atoms with E-state index in [4.69, 9.17) is 23.2 Å². The van der Waals surface area contributed by atoms with Crippen LogP contribution in [0.2, 0.25) is 10.0 Å². The van der Waals surface area contributed by atoms with Gasteiger partial charge in [0.1, 0.15) is 0 Å². The first kappa shape index (κ1) is 9.07. The van der Waals surface area contributed by atoms with Crippen LogP contribution in [0, 0.1) is 0 Å². The third kappa shape index (κ3) is 1.88. The highest BCUT2D eigenvalue weighted by Crippen LogP contribution is 2.27. The monoisotopic (exact) mass is 213 g/mol. The van der Waals surface area contributed by atoms with Crippen molar-refractivity contribution in [1.82, 2.24) is 5.32 Å². The van der Waals surface area contributed by atoms with Gasteiger partial charge in [0.05, 0.1) is 0 Å². The fraction of sp³-hybridized carbons (Fsp3) is 0.200. The van der Waals surface area contributed by atoms with Crippen LogP contribution < -0.4 is 5.32 Å². The Morgan fingerprint density at radius 3 is 2.77 bits per heavy atom. The molecule has 2 rings (SSSR count). The van der Waals surface area contributed by atoms with E-state index in [2.05, 4.69) is 11.4 Å². The summed E-state index contributed by atoms with van der Waals surface area (Å²) in [6.45, 7) is 1.79. The SMILES string of the molecule is Clc1ccc(Cl)c(C2=CCNC2)c1. The van der Waals surface area contributed by atoms with Crippen LogP contribution in [-0.2, 0) is 0 Å². The lowest BCUT2D eigenvalue weighted by Crippen LogP contribution is -2.07. The molecule has 3 heteroatoms. The van der Waals surface area contributed by atoms with E-state index in [-0.39, 0.29) is 0 Å². The second kappa shape index (κ2) is 3.70. The number of benzene rings is 1. The third-order valence-electron chi connectivity index (χ3n) is 2.08. The molecule has 0 atom stereocenters. The summed E-state index contributed by atoms with van der Waals surface area (Å²) < 4.78 is 0. The first-order valence-corrected chi connectivity index (χ1v) is 4.88. The first-order chi connectivity index (χ1) is 6.27. The van der Waals surface area contributed by atoms with Gasteiger partial charge < -0.3 is 5.32 Å². The Bertz CT molecular complexity index is 358. The molecule has 1 aromatic carbocycles. The predicted octanol–water partition coefficient (Wildman–Crippen LogP) is 2.98. The van der Waals surface area contributed by atoms with Gasteiger partial charge in [0.2, 0.25) is 0 Å². The van der Waals surface area contributed by atoms with Crippen molar-refractivity contribution in [3.8, 4) is 0 Å². The lowest BCUT2D eigenvalue weighted by atomic mass is 10.1. The van der Waals surface area contributed by atoms with Gasteiger partial charge >= 0.3 is 0 Å². The Morgan fingerprint density at radius 1 is 1.23 bits per heavy atom. The Hall–Kier alpha value is -0.500. The van der Waals surface area contributed by atoms with Crippen LogP contribution in [0.5, 0.6) is 0 Å². The molecule has 0 saturated carbocycles. The Kier molecular flexibility index (Phi) is 2.58. The Balaban J connectivity index is 2.43. The molecule has 0 radical (unpaired) electrons. The topological polar surface area (TPSA) is 12.0 Å². The van der Waals surface area contributed by atoms with Crippen molar-refractivity contribution in [2.45, 2.75) is 0 Å². The minimum absolute atomic E-state index is 0.729. The molecule has 0 amide bonds. The molecule has 0 fully saturated rings. The molecular formula is C10H9Cl2N. The second-order valence-corrected chi connectivity index (χ2v) is 3.83. The molecule has 1 aliphatic rings. The van der Waals surface area contributed by atoms with E-state index in [1.54, 1.807) is 6.07 Å². The van der Waals surface area contributed by atoms with Crippen molar-refractivity contribution in [2.75, 3.05) is 13.1 Å². The number of hydrogen-bond acceptors (Lipinski definition) is 1. The molecule has 0 aliphatic carbocycles. The van der Waals surface area contributed by atoms with Crippen molar-refractivity contribution in [1.29, 1.82) is 0 Å². The van der Waals surface area contributed by atoms with Gasteiger partial charge in [-0.25, -0.2) is 0 Å². The zero-order chi connectivity index (χ0) is 9.26. The highest BCUT2D eigenvalue weighted by atomic mass is 35.5. The summed E-state index contributed by atoms with van der Waals surface area (Å²) >= 11 is 11.9. The van der Waals surface area contributed by atoms with E-state index in [1.807, 2.05) is 12.1 Å². The molecule has 13 heavy (non-hydrogen) atoms. The Labute approximate surface area is 87.4 Å². The number of rotatable bonds is 1. The molecule has 1 aliphatic heterocycles. The maximum atomic E-state index is 6.05. The van der Waals surface area contributed by atoms with E-state index in [1.165, 1.54) is 5.57 Å². The molecule has 0 spiro atoms. The van der Waals surface area contributed by atoms with Crippen molar-refractivity contribution in [2.24, 2.45) is 0 Å². The average molecular weight is 214 g/mol. The van der Waals surface area contributed by atoms with Gasteiger partial charge in [-0.3, -0.25) is 0 Å². The van der Waals surface area contributed by atoms with E-state index >= 15 is 0 Å². The van der Waals surface area contributed by atoms with Crippen molar-refractivity contribution >= 4 is 28.8 Å². The molecule has 1 heterocycles. The molecule has 68 valence electrons. The lowest BCUT2D eigenvalue weighted by molar-refractivity contribution is 0.897. The summed E-state index contributed by atoms with van der Waals surface area (Å²) in [7, 11) is 0. The molecule has 1 aromatic rings. The highest BCUT2D eigenvalue weighted by molar-refractivity contribution is 6.34. The standard InChI is InChI=1S/C10H9Cl2N/c11-8-1-2-10(12)9(5-8)7-3-4-13-6-7/h1-3,5,13H,4,6H2. The molecule has 0 aromatic heterocycles. The van der Waals surface area contributed by atoms with Crippen molar-refractivity contribution in [3.63, 3.8) is 0 Å². The first-order valence-electron chi connectivity index (χ1n) is 4.12. The van der Waals surface area contributed by atoms with E-state index in [0.29, 0.717) is 0 Å². The summed E-state index contributed by atoms with van der Waals surface area (Å²) in [6.07, 6.45) is 2.14. The smallest absolute Gasteiger partial charge is 0.0482 e. The average Bonchev–Trinajstić information content (AvgIpc) is 2.61. The summed E-state index contributed by atoms with van der Waals surface area (Å²) in [5.41, 5.74) is 2.27. The molecule has 0 saturated heterocycles. The molecular weight excluding hydrogens is 205 g/mol. The van der Waals surface area contributed by atoms with Gasteiger partial charge in [0.25, 0.3) is 0 Å². The number of hydrogen-bond donors (Lipinski definition) is 1. The maximum Gasteiger partial charge on any atom is 0.0482 e. The van der Waals surface area contributed by atoms with Gasteiger partial charge in [-0.1, -0.05) is 29.3 Å². The molecule has 0 bridgehead atoms. The van der Waals surface area contributed by atoms with Crippen LogP contribution in [-0.4, -0.2) is 13.1 Å². The largest absolute Gasteiger partial charge is 0.309 e. The number of nitrogens with one attached hydrogen (secondary N) is 1. The van der Waals surface area contributed by atoms with Gasteiger partial charge in [-0.15, -0.1) is 0 Å². The zero-order valence-electron chi connectivity index (χ0n) is 6.98. The lowest BCUT2D eigenvalue weighted by Gasteiger charge is -2.05. The third-order valence-corrected chi connectivity index (χ3v) is 2.65. The molecule has 1 N–H and O–H groups in total. The summed E-state index contributed by atoms with van der Waals surface area (Å²) in [4.78, 5) is 0. The molecule has 1 nitrogen and oxygen atoms in total. The van der Waals surface area contributed by atoms with Crippen LogP contribution in [0.25, 0.3) is 5.57 Å². The Morgan fingerprint density at radius 2 is 2.08 bits per heavy atom. The quantitative estimate of drug-likeness (QED) is 0.757. The zero-order valence-corrected chi connectivity index (χ0v) is 8.49. The maximum absolute atomic E-state index is 6.05. The second-order valence-electron chi connectivity index (χ2n) is 2.98. The molecule has 0 unspecified atom stereocenters. The van der Waals surface area contributed by atoms with Crippen LogP contribution in [0.1, 0.15) is 5.56 Å². The van der Waals surface area contributed by atoms with Gasteiger partial charge in [0.15, 0.2) is 0 Å². The summed E-state index contributed by atoms with van der Waals surface area (Å²) in [5.74, 6) is 0. The highest BCUT2D eigenvalue weighted by Gasteiger charge is 2.10. The van der Waals surface area contributed by atoms with Crippen LogP contribution >= 0.6 is 23.2 Å². The van der Waals surface area contributed by atoms with E-state index < -0.39 is 0 Å². The van der Waals surface area contributed by atoms with E-state index in [0.717, 1.165) is 28.7 Å². The summed E-state index contributed by atoms with van der Waals surface area (Å²) in [5, 5.41) is 4.72. The van der Waals surface area contributed by atoms with Gasteiger partial charge in [-0.2, -0.15) is 0 Å². The minimum Gasteiger partial charge on any atom is -0.309 e. The minimum atomic E-state index is 0.729. The normalized spacial score (nSPS) is 16.0. The summed E-state index contributed by atoms with van der Waals surface area (Å²) in [6, 6.07) is 5.54. The van der Waals surface area contributed by atoms with Crippen molar-refractivity contribution < 1.29 is 0 Å². The van der Waals surface area contributed by atoms with Gasteiger partial charge in [0, 0.05) is 23.1 Å². The van der Waals surface area contributed by atoms with Crippen LogP contribution in [0.15, 0.2) is 24.3 Å². The fourth-order valence-electron chi connectivity index (χ4n) is 1.42. The predicted molar refractivity (Wildman–Crippen MR) is 57.3 cm³/mol. The van der Waals surface area contributed by atoms with Crippen LogP contribution in [0.3, 0.4) is 0 Å². The van der Waals surface area contributed by atoms with Gasteiger partial charge in [-0.05, 0) is 29.3 Å². The number of halogens is 2. The fourth-order valence-corrected chi connectivity index (χ4v) is 1.83. The van der Waals surface area contributed by atoms with Crippen LogP contribution in [0.4, 0.5) is 0 Å². The van der Waals surface area contributed by atoms with E-state index in [9.17, 15) is 0 Å². The van der Waals surface area contributed by atoms with Crippen molar-refractivity contribution in [3.05, 3.63) is 39.9 Å².